The third kappa shape index (κ3) is 4.73. The van der Waals surface area contributed by atoms with Crippen molar-refractivity contribution in [1.29, 1.82) is 0 Å². The minimum absolute atomic E-state index is 0.0124. The molecule has 0 aliphatic heterocycles. The fourth-order valence-corrected chi connectivity index (χ4v) is 1.42. The predicted octanol–water partition coefficient (Wildman–Crippen LogP) is 1.39. The Labute approximate surface area is 106 Å². The second-order valence-electron chi connectivity index (χ2n) is 3.56. The van der Waals surface area contributed by atoms with Crippen molar-refractivity contribution in [1.82, 2.24) is 5.32 Å². The molecular weight excluding hydrogens is 242 g/mol. The maximum Gasteiger partial charge on any atom is 0.251 e. The second kappa shape index (κ2) is 7.27. The molecule has 0 aliphatic rings. The lowest BCUT2D eigenvalue weighted by Gasteiger charge is -2.06. The van der Waals surface area contributed by atoms with Crippen LogP contribution in [-0.2, 0) is 4.74 Å². The number of amides is 1. The van der Waals surface area contributed by atoms with Gasteiger partial charge in [0, 0.05) is 17.1 Å². The SMILES string of the molecule is Cc1ccc(C(=O)NCCOCCO)cc1Cl. The molecule has 0 heterocycles. The van der Waals surface area contributed by atoms with Crippen molar-refractivity contribution in [3.05, 3.63) is 34.3 Å². The van der Waals surface area contributed by atoms with Gasteiger partial charge in [0.1, 0.15) is 0 Å². The molecule has 17 heavy (non-hydrogen) atoms. The maximum atomic E-state index is 11.7. The molecule has 0 unspecified atom stereocenters. The fraction of sp³-hybridized carbons (Fsp3) is 0.417. The molecule has 0 spiro atoms. The second-order valence-corrected chi connectivity index (χ2v) is 3.96. The minimum atomic E-state index is -0.181. The van der Waals surface area contributed by atoms with Gasteiger partial charge in [-0.2, -0.15) is 0 Å². The summed E-state index contributed by atoms with van der Waals surface area (Å²) in [5, 5.41) is 11.8. The van der Waals surface area contributed by atoms with E-state index in [0.29, 0.717) is 23.7 Å². The molecule has 0 saturated heterocycles. The van der Waals surface area contributed by atoms with Gasteiger partial charge >= 0.3 is 0 Å². The van der Waals surface area contributed by atoms with E-state index in [9.17, 15) is 4.79 Å². The van der Waals surface area contributed by atoms with E-state index in [2.05, 4.69) is 5.32 Å². The summed E-state index contributed by atoms with van der Waals surface area (Å²) in [7, 11) is 0. The molecule has 5 heteroatoms. The lowest BCUT2D eigenvalue weighted by molar-refractivity contribution is 0.0838. The number of aryl methyl sites for hydroxylation is 1. The van der Waals surface area contributed by atoms with Crippen molar-refractivity contribution in [2.24, 2.45) is 0 Å². The van der Waals surface area contributed by atoms with Crippen molar-refractivity contribution in [3.8, 4) is 0 Å². The number of benzene rings is 1. The third-order valence-corrected chi connectivity index (χ3v) is 2.61. The first kappa shape index (κ1) is 14.0. The van der Waals surface area contributed by atoms with Gasteiger partial charge in [-0.25, -0.2) is 0 Å². The zero-order valence-electron chi connectivity index (χ0n) is 9.70. The number of ether oxygens (including phenoxy) is 1. The smallest absolute Gasteiger partial charge is 0.251 e. The Kier molecular flexibility index (Phi) is 5.97. The highest BCUT2D eigenvalue weighted by Gasteiger charge is 2.06. The fourth-order valence-electron chi connectivity index (χ4n) is 1.24. The molecule has 2 N–H and O–H groups in total. The summed E-state index contributed by atoms with van der Waals surface area (Å²) in [4.78, 5) is 11.7. The molecule has 1 aromatic carbocycles. The van der Waals surface area contributed by atoms with E-state index in [1.165, 1.54) is 0 Å². The van der Waals surface area contributed by atoms with Crippen LogP contribution in [0.15, 0.2) is 18.2 Å². The Hall–Kier alpha value is -1.10. The first-order valence-electron chi connectivity index (χ1n) is 5.38. The average molecular weight is 258 g/mol. The molecule has 0 atom stereocenters. The quantitative estimate of drug-likeness (QED) is 0.757. The normalized spacial score (nSPS) is 10.3. The largest absolute Gasteiger partial charge is 0.394 e. The highest BCUT2D eigenvalue weighted by molar-refractivity contribution is 6.31. The van der Waals surface area contributed by atoms with Gasteiger partial charge in [-0.05, 0) is 24.6 Å². The summed E-state index contributed by atoms with van der Waals surface area (Å²) in [5.74, 6) is -0.181. The Morgan fingerprint density at radius 3 is 2.88 bits per heavy atom. The van der Waals surface area contributed by atoms with Gasteiger partial charge in [0.05, 0.1) is 19.8 Å². The van der Waals surface area contributed by atoms with E-state index in [4.69, 9.17) is 21.4 Å². The highest BCUT2D eigenvalue weighted by Crippen LogP contribution is 2.16. The Morgan fingerprint density at radius 1 is 1.47 bits per heavy atom. The Morgan fingerprint density at radius 2 is 2.24 bits per heavy atom. The number of hydrogen-bond acceptors (Lipinski definition) is 3. The van der Waals surface area contributed by atoms with Crippen LogP contribution in [0.25, 0.3) is 0 Å². The van der Waals surface area contributed by atoms with Crippen LogP contribution < -0.4 is 5.32 Å². The number of carbonyl (C=O) groups is 1. The molecule has 1 amide bonds. The monoisotopic (exact) mass is 257 g/mol. The highest BCUT2D eigenvalue weighted by atomic mass is 35.5. The Bertz CT molecular complexity index is 382. The predicted molar refractivity (Wildman–Crippen MR) is 66.4 cm³/mol. The van der Waals surface area contributed by atoms with Crippen LogP contribution in [0.2, 0.25) is 5.02 Å². The summed E-state index contributed by atoms with van der Waals surface area (Å²) >= 11 is 5.93. The molecule has 0 bridgehead atoms. The molecule has 94 valence electrons. The van der Waals surface area contributed by atoms with E-state index in [1.54, 1.807) is 18.2 Å². The van der Waals surface area contributed by atoms with E-state index < -0.39 is 0 Å². The number of hydrogen-bond donors (Lipinski definition) is 2. The van der Waals surface area contributed by atoms with Crippen LogP contribution in [0.5, 0.6) is 0 Å². The number of rotatable bonds is 6. The summed E-state index contributed by atoms with van der Waals surface area (Å²) in [6.45, 7) is 2.94. The van der Waals surface area contributed by atoms with Gasteiger partial charge < -0.3 is 15.2 Å². The van der Waals surface area contributed by atoms with Crippen molar-refractivity contribution in [3.63, 3.8) is 0 Å². The van der Waals surface area contributed by atoms with Crippen LogP contribution in [-0.4, -0.2) is 37.4 Å². The lowest BCUT2D eigenvalue weighted by Crippen LogP contribution is -2.27. The molecule has 0 radical (unpaired) electrons. The molecule has 1 rings (SSSR count). The van der Waals surface area contributed by atoms with Crippen LogP contribution in [0.4, 0.5) is 0 Å². The van der Waals surface area contributed by atoms with Gasteiger partial charge in [0.25, 0.3) is 5.91 Å². The minimum Gasteiger partial charge on any atom is -0.394 e. The van der Waals surface area contributed by atoms with Gasteiger partial charge in [0.2, 0.25) is 0 Å². The van der Waals surface area contributed by atoms with Gasteiger partial charge in [-0.15, -0.1) is 0 Å². The van der Waals surface area contributed by atoms with Crippen molar-refractivity contribution in [2.75, 3.05) is 26.4 Å². The van der Waals surface area contributed by atoms with Crippen molar-refractivity contribution < 1.29 is 14.6 Å². The van der Waals surface area contributed by atoms with Gasteiger partial charge in [-0.1, -0.05) is 17.7 Å². The lowest BCUT2D eigenvalue weighted by atomic mass is 10.1. The standard InChI is InChI=1S/C12H16ClNO3/c1-9-2-3-10(8-11(9)13)12(16)14-4-6-17-7-5-15/h2-3,8,15H,4-7H2,1H3,(H,14,16). The third-order valence-electron chi connectivity index (χ3n) is 2.20. The van der Waals surface area contributed by atoms with Crippen LogP contribution in [0.3, 0.4) is 0 Å². The number of halogens is 1. The van der Waals surface area contributed by atoms with Crippen LogP contribution in [0.1, 0.15) is 15.9 Å². The number of carbonyl (C=O) groups excluding carboxylic acids is 1. The van der Waals surface area contributed by atoms with Crippen LogP contribution in [0, 0.1) is 6.92 Å². The number of aliphatic hydroxyl groups is 1. The zero-order chi connectivity index (χ0) is 12.7. The maximum absolute atomic E-state index is 11.7. The molecule has 4 nitrogen and oxygen atoms in total. The number of nitrogens with one attached hydrogen (secondary N) is 1. The van der Waals surface area contributed by atoms with E-state index >= 15 is 0 Å². The van der Waals surface area contributed by atoms with Crippen LogP contribution >= 0.6 is 11.6 Å². The van der Waals surface area contributed by atoms with Crippen molar-refractivity contribution >= 4 is 17.5 Å². The van der Waals surface area contributed by atoms with Gasteiger partial charge in [0.15, 0.2) is 0 Å². The molecule has 0 saturated carbocycles. The van der Waals surface area contributed by atoms with E-state index in [-0.39, 0.29) is 19.1 Å². The Balaban J connectivity index is 2.39. The number of aliphatic hydroxyl groups excluding tert-OH is 1. The van der Waals surface area contributed by atoms with E-state index in [1.807, 2.05) is 6.92 Å². The van der Waals surface area contributed by atoms with E-state index in [0.717, 1.165) is 5.56 Å². The summed E-state index contributed by atoms with van der Waals surface area (Å²) in [5.41, 5.74) is 1.47. The van der Waals surface area contributed by atoms with Crippen molar-refractivity contribution in [2.45, 2.75) is 6.92 Å². The average Bonchev–Trinajstić information content (AvgIpc) is 2.32. The topological polar surface area (TPSA) is 58.6 Å². The molecule has 0 fully saturated rings. The summed E-state index contributed by atoms with van der Waals surface area (Å²) < 4.78 is 5.02. The molecule has 0 aliphatic carbocycles. The molecular formula is C12H16ClNO3. The van der Waals surface area contributed by atoms with Gasteiger partial charge in [-0.3, -0.25) is 4.79 Å². The zero-order valence-corrected chi connectivity index (χ0v) is 10.5. The first-order chi connectivity index (χ1) is 8.15. The molecule has 1 aromatic rings. The summed E-state index contributed by atoms with van der Waals surface area (Å²) in [6.07, 6.45) is 0. The first-order valence-corrected chi connectivity index (χ1v) is 5.76. The summed E-state index contributed by atoms with van der Waals surface area (Å²) in [6, 6.07) is 5.17. The molecule has 0 aromatic heterocycles.